The summed E-state index contributed by atoms with van der Waals surface area (Å²) in [5.41, 5.74) is 1.88. The van der Waals surface area contributed by atoms with Crippen LogP contribution in [0, 0.1) is 5.92 Å². The number of rotatable bonds is 5. The molecular weight excluding hydrogens is 314 g/mol. The number of hydrogen-bond donors (Lipinski definition) is 0. The predicted molar refractivity (Wildman–Crippen MR) is 98.3 cm³/mol. The fourth-order valence-corrected chi connectivity index (χ4v) is 3.24. The van der Waals surface area contributed by atoms with Crippen molar-refractivity contribution in [3.05, 3.63) is 59.7 Å². The standard InChI is InChI=1S/C21H25NO3/c1-15(2)22(21(23)18-8-6-9-19(12-18)24-3)13-16-11-17-7-4-5-10-20(17)25-14-16/h4-10,12,15-16H,11,13-14H2,1-3H3/t16-/m1/s1. The highest BCUT2D eigenvalue weighted by atomic mass is 16.5. The van der Waals surface area contributed by atoms with Crippen molar-refractivity contribution in [1.29, 1.82) is 0 Å². The first-order valence-corrected chi connectivity index (χ1v) is 8.74. The lowest BCUT2D eigenvalue weighted by Gasteiger charge is -2.33. The van der Waals surface area contributed by atoms with Crippen molar-refractivity contribution in [3.8, 4) is 11.5 Å². The summed E-state index contributed by atoms with van der Waals surface area (Å²) < 4.78 is 11.1. The van der Waals surface area contributed by atoms with E-state index < -0.39 is 0 Å². The van der Waals surface area contributed by atoms with Crippen molar-refractivity contribution in [1.82, 2.24) is 4.90 Å². The van der Waals surface area contributed by atoms with Crippen LogP contribution in [-0.2, 0) is 6.42 Å². The molecule has 2 aromatic carbocycles. The van der Waals surface area contributed by atoms with Gasteiger partial charge in [0.2, 0.25) is 0 Å². The third-order valence-corrected chi connectivity index (χ3v) is 4.61. The Hall–Kier alpha value is -2.49. The highest BCUT2D eigenvalue weighted by Crippen LogP contribution is 2.28. The molecule has 0 aromatic heterocycles. The molecule has 1 atom stereocenters. The Labute approximate surface area is 149 Å². The molecule has 1 amide bonds. The van der Waals surface area contributed by atoms with Gasteiger partial charge in [-0.15, -0.1) is 0 Å². The summed E-state index contributed by atoms with van der Waals surface area (Å²) in [5.74, 6) is 2.00. The van der Waals surface area contributed by atoms with Crippen molar-refractivity contribution in [2.24, 2.45) is 5.92 Å². The molecule has 2 aromatic rings. The first-order valence-electron chi connectivity index (χ1n) is 8.74. The summed E-state index contributed by atoms with van der Waals surface area (Å²) in [6, 6.07) is 15.6. The predicted octanol–water partition coefficient (Wildman–Crippen LogP) is 3.80. The number of nitrogens with zero attached hydrogens (tertiary/aromatic N) is 1. The maximum atomic E-state index is 13.0. The number of fused-ring (bicyclic) bond motifs is 1. The molecule has 4 heteroatoms. The number of carbonyl (C=O) groups is 1. The molecular formula is C21H25NO3. The first-order chi connectivity index (χ1) is 12.1. The Balaban J connectivity index is 1.74. The SMILES string of the molecule is COc1cccc(C(=O)N(C[C@@H]2COc3ccccc3C2)C(C)C)c1. The van der Waals surface area contributed by atoms with Gasteiger partial charge in [-0.2, -0.15) is 0 Å². The molecule has 0 saturated carbocycles. The molecule has 0 spiro atoms. The molecule has 25 heavy (non-hydrogen) atoms. The lowest BCUT2D eigenvalue weighted by Crippen LogP contribution is -2.43. The van der Waals surface area contributed by atoms with Gasteiger partial charge < -0.3 is 14.4 Å². The Morgan fingerprint density at radius 3 is 2.80 bits per heavy atom. The van der Waals surface area contributed by atoms with E-state index in [0.29, 0.717) is 30.4 Å². The molecule has 132 valence electrons. The largest absolute Gasteiger partial charge is 0.497 e. The smallest absolute Gasteiger partial charge is 0.254 e. The van der Waals surface area contributed by atoms with E-state index in [4.69, 9.17) is 9.47 Å². The molecule has 1 aliphatic heterocycles. The lowest BCUT2D eigenvalue weighted by atomic mass is 9.95. The zero-order valence-corrected chi connectivity index (χ0v) is 15.1. The molecule has 1 heterocycles. The van der Waals surface area contributed by atoms with Crippen molar-refractivity contribution >= 4 is 5.91 Å². The molecule has 0 radical (unpaired) electrons. The molecule has 4 nitrogen and oxygen atoms in total. The quantitative estimate of drug-likeness (QED) is 0.832. The van der Waals surface area contributed by atoms with Gasteiger partial charge in [0.25, 0.3) is 5.91 Å². The second-order valence-corrected chi connectivity index (χ2v) is 6.77. The third-order valence-electron chi connectivity index (χ3n) is 4.61. The fraction of sp³-hybridized carbons (Fsp3) is 0.381. The number of ether oxygens (including phenoxy) is 2. The van der Waals surface area contributed by atoms with Crippen LogP contribution in [-0.4, -0.2) is 37.1 Å². The minimum absolute atomic E-state index is 0.0350. The second kappa shape index (κ2) is 7.60. The van der Waals surface area contributed by atoms with Gasteiger partial charge in [0.15, 0.2) is 0 Å². The average Bonchev–Trinajstić information content (AvgIpc) is 2.65. The number of hydrogen-bond acceptors (Lipinski definition) is 3. The lowest BCUT2D eigenvalue weighted by molar-refractivity contribution is 0.0636. The summed E-state index contributed by atoms with van der Waals surface area (Å²) in [7, 11) is 1.61. The second-order valence-electron chi connectivity index (χ2n) is 6.77. The van der Waals surface area contributed by atoms with Gasteiger partial charge >= 0.3 is 0 Å². The Kier molecular flexibility index (Phi) is 5.27. The van der Waals surface area contributed by atoms with Crippen molar-refractivity contribution in [2.75, 3.05) is 20.3 Å². The van der Waals surface area contributed by atoms with Gasteiger partial charge in [-0.1, -0.05) is 24.3 Å². The Morgan fingerprint density at radius 2 is 2.04 bits per heavy atom. The van der Waals surface area contributed by atoms with Gasteiger partial charge in [-0.05, 0) is 50.1 Å². The topological polar surface area (TPSA) is 38.8 Å². The number of amides is 1. The molecule has 3 rings (SSSR count). The summed E-state index contributed by atoms with van der Waals surface area (Å²) in [5, 5.41) is 0. The summed E-state index contributed by atoms with van der Waals surface area (Å²) in [6.07, 6.45) is 0.935. The Bertz CT molecular complexity index is 741. The normalized spacial score (nSPS) is 16.1. The summed E-state index contributed by atoms with van der Waals surface area (Å²) in [4.78, 5) is 14.9. The van der Waals surface area contributed by atoms with E-state index in [-0.39, 0.29) is 11.9 Å². The van der Waals surface area contributed by atoms with Crippen LogP contribution in [0.25, 0.3) is 0 Å². The van der Waals surface area contributed by atoms with E-state index in [1.54, 1.807) is 13.2 Å². The van der Waals surface area contributed by atoms with E-state index >= 15 is 0 Å². The molecule has 0 fully saturated rings. The first kappa shape index (κ1) is 17.3. The van der Waals surface area contributed by atoms with E-state index in [1.807, 2.05) is 41.3 Å². The highest BCUT2D eigenvalue weighted by molar-refractivity contribution is 5.94. The third kappa shape index (κ3) is 3.95. The molecule has 0 aliphatic carbocycles. The van der Waals surface area contributed by atoms with Gasteiger partial charge in [0.1, 0.15) is 11.5 Å². The molecule has 0 bridgehead atoms. The monoisotopic (exact) mass is 339 g/mol. The van der Waals surface area contributed by atoms with Crippen LogP contribution in [0.2, 0.25) is 0 Å². The minimum Gasteiger partial charge on any atom is -0.497 e. The van der Waals surface area contributed by atoms with Crippen LogP contribution in [0.3, 0.4) is 0 Å². The summed E-state index contributed by atoms with van der Waals surface area (Å²) >= 11 is 0. The fourth-order valence-electron chi connectivity index (χ4n) is 3.24. The number of methoxy groups -OCH3 is 1. The van der Waals surface area contributed by atoms with Crippen LogP contribution in [0.4, 0.5) is 0 Å². The van der Waals surface area contributed by atoms with Crippen molar-refractivity contribution in [3.63, 3.8) is 0 Å². The van der Waals surface area contributed by atoms with Crippen molar-refractivity contribution < 1.29 is 14.3 Å². The number of carbonyl (C=O) groups excluding carboxylic acids is 1. The molecule has 0 N–H and O–H groups in total. The van der Waals surface area contributed by atoms with Crippen LogP contribution in [0.15, 0.2) is 48.5 Å². The van der Waals surface area contributed by atoms with Crippen LogP contribution < -0.4 is 9.47 Å². The maximum Gasteiger partial charge on any atom is 0.254 e. The summed E-state index contributed by atoms with van der Waals surface area (Å²) in [6.45, 7) is 5.43. The van der Waals surface area contributed by atoms with E-state index in [2.05, 4.69) is 19.9 Å². The Morgan fingerprint density at radius 1 is 1.24 bits per heavy atom. The highest BCUT2D eigenvalue weighted by Gasteiger charge is 2.26. The van der Waals surface area contributed by atoms with Gasteiger partial charge in [0.05, 0.1) is 13.7 Å². The van der Waals surface area contributed by atoms with Crippen LogP contribution >= 0.6 is 0 Å². The number of para-hydroxylation sites is 1. The zero-order chi connectivity index (χ0) is 17.8. The maximum absolute atomic E-state index is 13.0. The van der Waals surface area contributed by atoms with E-state index in [0.717, 1.165) is 12.2 Å². The zero-order valence-electron chi connectivity index (χ0n) is 15.1. The average molecular weight is 339 g/mol. The van der Waals surface area contributed by atoms with Gasteiger partial charge in [-0.3, -0.25) is 4.79 Å². The molecule has 1 aliphatic rings. The molecule has 0 saturated heterocycles. The van der Waals surface area contributed by atoms with Crippen LogP contribution in [0.1, 0.15) is 29.8 Å². The van der Waals surface area contributed by atoms with Gasteiger partial charge in [-0.25, -0.2) is 0 Å². The number of benzene rings is 2. The van der Waals surface area contributed by atoms with E-state index in [9.17, 15) is 4.79 Å². The van der Waals surface area contributed by atoms with Gasteiger partial charge in [0, 0.05) is 24.1 Å². The van der Waals surface area contributed by atoms with Crippen LogP contribution in [0.5, 0.6) is 11.5 Å². The molecule has 0 unspecified atom stereocenters. The minimum atomic E-state index is 0.0350. The van der Waals surface area contributed by atoms with E-state index in [1.165, 1.54) is 5.56 Å². The van der Waals surface area contributed by atoms with Crippen molar-refractivity contribution in [2.45, 2.75) is 26.3 Å².